The van der Waals surface area contributed by atoms with Crippen LogP contribution in [0.15, 0.2) is 53.4 Å². The number of hydrogen-bond acceptors (Lipinski definition) is 6. The average Bonchev–Trinajstić information content (AvgIpc) is 3.60. The normalized spacial score (nSPS) is 22.3. The zero-order valence-electron chi connectivity index (χ0n) is 26.6. The largest absolute Gasteiger partial charge is 0.490 e. The Labute approximate surface area is 274 Å². The molecule has 4 unspecified atom stereocenters. The topological polar surface area (TPSA) is 124 Å². The molecule has 2 fully saturated rings. The number of sulfone groups is 1. The minimum absolute atomic E-state index is 0.0676. The van der Waals surface area contributed by atoms with Gasteiger partial charge in [0, 0.05) is 24.7 Å². The van der Waals surface area contributed by atoms with E-state index in [9.17, 15) is 39.6 Å². The summed E-state index contributed by atoms with van der Waals surface area (Å²) in [6, 6.07) is 12.5. The minimum atomic E-state index is -5.08. The lowest BCUT2D eigenvalue weighted by atomic mass is 9.80. The first kappa shape index (κ1) is 37.2. The first-order valence-electron chi connectivity index (χ1n) is 15.5. The van der Waals surface area contributed by atoms with E-state index in [-0.39, 0.29) is 51.4 Å². The van der Waals surface area contributed by atoms with Gasteiger partial charge in [0.1, 0.15) is 11.3 Å². The van der Waals surface area contributed by atoms with Crippen LogP contribution in [0.1, 0.15) is 63.8 Å². The second kappa shape index (κ2) is 14.4. The van der Waals surface area contributed by atoms with Crippen LogP contribution >= 0.6 is 0 Å². The molecule has 16 heteroatoms. The van der Waals surface area contributed by atoms with E-state index >= 15 is 0 Å². The van der Waals surface area contributed by atoms with E-state index < -0.39 is 39.6 Å². The number of likely N-dealkylation sites (tertiary alicyclic amines) is 1. The number of halogens is 6. The number of nitrogens with one attached hydrogen (secondary N) is 1. The van der Waals surface area contributed by atoms with Crippen LogP contribution in [0.2, 0.25) is 0 Å². The summed E-state index contributed by atoms with van der Waals surface area (Å²) in [4.78, 5) is 34.3. The van der Waals surface area contributed by atoms with Crippen molar-refractivity contribution in [1.29, 1.82) is 0 Å². The number of aliphatic carboxylic acids is 1. The zero-order chi connectivity index (χ0) is 35.6. The number of H-pyrrole nitrogens is 1. The van der Waals surface area contributed by atoms with Crippen molar-refractivity contribution in [2.45, 2.75) is 87.7 Å². The molecule has 1 saturated carbocycles. The highest BCUT2D eigenvalue weighted by atomic mass is 32.2. The summed E-state index contributed by atoms with van der Waals surface area (Å²) in [6.45, 7) is 7.64. The summed E-state index contributed by atoms with van der Waals surface area (Å²) in [5.74, 6) is -3.78. The molecule has 1 aliphatic carbocycles. The van der Waals surface area contributed by atoms with Gasteiger partial charge in [-0.25, -0.2) is 18.2 Å². The van der Waals surface area contributed by atoms with Gasteiger partial charge in [-0.15, -0.1) is 0 Å². The Balaban J connectivity index is 0.000000671. The van der Waals surface area contributed by atoms with Crippen LogP contribution in [0.25, 0.3) is 11.0 Å². The van der Waals surface area contributed by atoms with Crippen molar-refractivity contribution in [3.8, 4) is 0 Å². The number of benzene rings is 2. The Morgan fingerprint density at radius 3 is 2.25 bits per heavy atom. The molecule has 48 heavy (non-hydrogen) atoms. The van der Waals surface area contributed by atoms with Crippen LogP contribution in [0.4, 0.5) is 26.3 Å². The Morgan fingerprint density at radius 1 is 1.04 bits per heavy atom. The summed E-state index contributed by atoms with van der Waals surface area (Å²) in [5.41, 5.74) is -0.793. The molecule has 264 valence electrons. The van der Waals surface area contributed by atoms with Crippen LogP contribution in [0.3, 0.4) is 0 Å². The predicted octanol–water partition coefficient (Wildman–Crippen LogP) is 6.27. The molecular weight excluding hydrogens is 666 g/mol. The van der Waals surface area contributed by atoms with Gasteiger partial charge < -0.3 is 15.0 Å². The van der Waals surface area contributed by atoms with Crippen molar-refractivity contribution in [3.63, 3.8) is 0 Å². The molecule has 4 atom stereocenters. The third-order valence-corrected chi connectivity index (χ3v) is 10.9. The fourth-order valence-electron chi connectivity index (χ4n) is 6.89. The standard InChI is InChI=1S/C30H37F3N4O3S.C2HF3O2/c1-4-36(19(2)3)21-13-14-26(20(17-21)18-41(39,40)22-9-6-5-7-10-22)37-16-15-23(29(37)38)28-34-25-12-8-11-24(27(25)35-28)30(31,32)33;3-2(4,5)1(6)7/h5-12,19-21,23,26H,4,13-18H2,1-3H3,(H,34,35);(H,6,7). The molecule has 9 nitrogen and oxygen atoms in total. The third-order valence-electron chi connectivity index (χ3n) is 9.00. The number of carboxylic acids is 1. The molecule has 2 N–H and O–H groups in total. The molecule has 0 spiro atoms. The SMILES string of the molecule is CCN(C(C)C)C1CCC(N2CCC(c3nc4c(C(F)(F)F)cccc4[nH]3)C2=O)C(CS(=O)(=O)c2ccccc2)C1.O=C(O)C(F)(F)F. The van der Waals surface area contributed by atoms with Crippen LogP contribution in [-0.2, 0) is 25.6 Å². The number of nitrogens with zero attached hydrogens (tertiary/aromatic N) is 3. The molecule has 2 aromatic carbocycles. The summed E-state index contributed by atoms with van der Waals surface area (Å²) in [7, 11) is -3.60. The van der Waals surface area contributed by atoms with Crippen molar-refractivity contribution < 1.29 is 49.5 Å². The monoisotopic (exact) mass is 704 g/mol. The number of amides is 1. The van der Waals surface area contributed by atoms with Gasteiger partial charge in [-0.05, 0) is 76.3 Å². The Morgan fingerprint density at radius 2 is 1.69 bits per heavy atom. The highest BCUT2D eigenvalue weighted by molar-refractivity contribution is 7.91. The number of carboxylic acid groups (broad SMARTS) is 1. The van der Waals surface area contributed by atoms with Crippen LogP contribution < -0.4 is 0 Å². The van der Waals surface area contributed by atoms with E-state index in [1.165, 1.54) is 12.1 Å². The highest BCUT2D eigenvalue weighted by Gasteiger charge is 2.45. The number of carbonyl (C=O) groups is 2. The van der Waals surface area contributed by atoms with Crippen molar-refractivity contribution in [2.75, 3.05) is 18.8 Å². The molecule has 1 aromatic heterocycles. The number of aromatic nitrogens is 2. The Hall–Kier alpha value is -3.66. The smallest absolute Gasteiger partial charge is 0.475 e. The van der Waals surface area contributed by atoms with Crippen LogP contribution in [0.5, 0.6) is 0 Å². The second-order valence-electron chi connectivity index (χ2n) is 12.3. The van der Waals surface area contributed by atoms with Crippen molar-refractivity contribution in [1.82, 2.24) is 19.8 Å². The number of para-hydroxylation sites is 1. The lowest BCUT2D eigenvalue weighted by Gasteiger charge is -2.45. The summed E-state index contributed by atoms with van der Waals surface area (Å²) in [6.07, 6.45) is -7.08. The van der Waals surface area contributed by atoms with Gasteiger partial charge >= 0.3 is 18.3 Å². The maximum absolute atomic E-state index is 13.8. The molecule has 1 saturated heterocycles. The van der Waals surface area contributed by atoms with Gasteiger partial charge in [0.15, 0.2) is 9.84 Å². The molecule has 0 bridgehead atoms. The van der Waals surface area contributed by atoms with Gasteiger partial charge in [0.25, 0.3) is 0 Å². The molecular formula is C32H38F6N4O5S. The Bertz CT molecular complexity index is 1690. The zero-order valence-corrected chi connectivity index (χ0v) is 27.4. The van der Waals surface area contributed by atoms with E-state index in [0.29, 0.717) is 31.8 Å². The Kier molecular flexibility index (Phi) is 11.2. The van der Waals surface area contributed by atoms with Crippen LogP contribution in [0, 0.1) is 5.92 Å². The fourth-order valence-corrected chi connectivity index (χ4v) is 8.58. The molecule has 3 aromatic rings. The van der Waals surface area contributed by atoms with Crippen molar-refractivity contribution in [2.24, 2.45) is 5.92 Å². The number of hydrogen-bond donors (Lipinski definition) is 2. The van der Waals surface area contributed by atoms with Gasteiger partial charge in [-0.2, -0.15) is 26.3 Å². The maximum atomic E-state index is 13.8. The lowest BCUT2D eigenvalue weighted by molar-refractivity contribution is -0.192. The quantitative estimate of drug-likeness (QED) is 0.265. The van der Waals surface area contributed by atoms with E-state index in [0.717, 1.165) is 19.0 Å². The van der Waals surface area contributed by atoms with Gasteiger partial charge in [-0.1, -0.05) is 31.2 Å². The second-order valence-corrected chi connectivity index (χ2v) is 14.3. The highest BCUT2D eigenvalue weighted by Crippen LogP contribution is 2.40. The summed E-state index contributed by atoms with van der Waals surface area (Å²) in [5, 5.41) is 7.12. The number of aromatic amines is 1. The van der Waals surface area contributed by atoms with Gasteiger partial charge in [-0.3, -0.25) is 9.69 Å². The number of imidazole rings is 1. The molecule has 1 aliphatic heterocycles. The molecule has 2 aliphatic rings. The predicted molar refractivity (Wildman–Crippen MR) is 165 cm³/mol. The third kappa shape index (κ3) is 8.31. The minimum Gasteiger partial charge on any atom is -0.475 e. The fraction of sp³-hybridized carbons (Fsp3) is 0.531. The average molecular weight is 705 g/mol. The van der Waals surface area contributed by atoms with Gasteiger partial charge in [0.05, 0.1) is 27.6 Å². The van der Waals surface area contributed by atoms with E-state index in [1.807, 2.05) is 0 Å². The number of fused-ring (bicyclic) bond motifs is 1. The van der Waals surface area contributed by atoms with Crippen molar-refractivity contribution >= 4 is 32.7 Å². The molecule has 0 radical (unpaired) electrons. The summed E-state index contributed by atoms with van der Waals surface area (Å²) < 4.78 is 99.4. The van der Waals surface area contributed by atoms with Crippen molar-refractivity contribution in [3.05, 3.63) is 59.9 Å². The first-order valence-corrected chi connectivity index (χ1v) is 17.2. The number of alkyl halides is 6. The number of carbonyl (C=O) groups excluding carboxylic acids is 1. The van der Waals surface area contributed by atoms with Gasteiger partial charge in [0.2, 0.25) is 5.91 Å². The lowest BCUT2D eigenvalue weighted by Crippen LogP contribution is -2.52. The van der Waals surface area contributed by atoms with E-state index in [2.05, 4.69) is 35.6 Å². The molecule has 1 amide bonds. The molecule has 2 heterocycles. The summed E-state index contributed by atoms with van der Waals surface area (Å²) >= 11 is 0. The maximum Gasteiger partial charge on any atom is 0.490 e. The van der Waals surface area contributed by atoms with E-state index in [1.54, 1.807) is 35.2 Å². The van der Waals surface area contributed by atoms with Crippen LogP contribution in [-0.4, -0.2) is 88.3 Å². The molecule has 5 rings (SSSR count). The first-order chi connectivity index (χ1) is 22.3. The number of rotatable bonds is 8. The van der Waals surface area contributed by atoms with E-state index in [4.69, 9.17) is 9.90 Å².